The number of aromatic nitrogens is 2. The summed E-state index contributed by atoms with van der Waals surface area (Å²) in [6, 6.07) is 9.31. The highest BCUT2D eigenvalue weighted by Gasteiger charge is 2.12. The van der Waals surface area contributed by atoms with E-state index in [1.54, 1.807) is 4.68 Å². The van der Waals surface area contributed by atoms with Crippen LogP contribution in [0.25, 0.3) is 0 Å². The van der Waals surface area contributed by atoms with Crippen LogP contribution in [-0.2, 0) is 6.54 Å². The van der Waals surface area contributed by atoms with E-state index in [9.17, 15) is 4.79 Å². The van der Waals surface area contributed by atoms with Crippen molar-refractivity contribution in [2.45, 2.75) is 32.7 Å². The van der Waals surface area contributed by atoms with Crippen LogP contribution in [0.2, 0.25) is 5.02 Å². The van der Waals surface area contributed by atoms with Crippen LogP contribution >= 0.6 is 11.6 Å². The van der Waals surface area contributed by atoms with Crippen molar-refractivity contribution < 1.29 is 4.79 Å². The van der Waals surface area contributed by atoms with E-state index in [1.165, 1.54) is 19.3 Å². The molecule has 0 saturated carbocycles. The average Bonchev–Trinajstić information content (AvgIpc) is 2.97. The van der Waals surface area contributed by atoms with Gasteiger partial charge in [-0.05, 0) is 50.6 Å². The van der Waals surface area contributed by atoms with Crippen LogP contribution in [0, 0.1) is 6.92 Å². The molecule has 1 saturated heterocycles. The first kappa shape index (κ1) is 18.7. The quantitative estimate of drug-likeness (QED) is 0.812. The number of nitrogens with one attached hydrogen (secondary N) is 2. The van der Waals surface area contributed by atoms with Crippen LogP contribution in [0.4, 0.5) is 10.6 Å². The summed E-state index contributed by atoms with van der Waals surface area (Å²) in [6.07, 6.45) is 3.84. The Hall–Kier alpha value is -2.05. The van der Waals surface area contributed by atoms with Crippen LogP contribution in [0.1, 0.15) is 30.5 Å². The average molecular weight is 376 g/mol. The molecule has 0 bridgehead atoms. The molecule has 2 aromatic rings. The number of anilines is 1. The number of aryl methyl sites for hydroxylation is 1. The minimum atomic E-state index is -0.195. The highest BCUT2D eigenvalue weighted by Crippen LogP contribution is 2.15. The van der Waals surface area contributed by atoms with Gasteiger partial charge in [0.05, 0.1) is 12.2 Å². The third-order valence-electron chi connectivity index (χ3n) is 4.55. The summed E-state index contributed by atoms with van der Waals surface area (Å²) in [4.78, 5) is 14.6. The standard InChI is InChI=1S/C19H26ClN5O/c1-15-13-18(25(23-15)14-16-5-7-17(20)8-6-16)22-19(26)21-9-12-24-10-3-2-4-11-24/h5-8,13H,2-4,9-12,14H2,1H3,(H2,21,22,26). The van der Waals surface area contributed by atoms with Gasteiger partial charge in [-0.3, -0.25) is 5.32 Å². The Morgan fingerprint density at radius 2 is 1.92 bits per heavy atom. The van der Waals surface area contributed by atoms with E-state index >= 15 is 0 Å². The zero-order chi connectivity index (χ0) is 18.4. The molecule has 0 spiro atoms. The fourth-order valence-corrected chi connectivity index (χ4v) is 3.33. The summed E-state index contributed by atoms with van der Waals surface area (Å²) in [5, 5.41) is 11.0. The first-order valence-electron chi connectivity index (χ1n) is 9.16. The molecule has 0 unspecified atom stereocenters. The van der Waals surface area contributed by atoms with Crippen LogP contribution in [0.15, 0.2) is 30.3 Å². The van der Waals surface area contributed by atoms with Gasteiger partial charge in [0.15, 0.2) is 0 Å². The number of piperidine rings is 1. The lowest BCUT2D eigenvalue weighted by Gasteiger charge is -2.26. The number of carbonyl (C=O) groups is 1. The number of rotatable bonds is 6. The second-order valence-corrected chi connectivity index (χ2v) is 7.17. The van der Waals surface area contributed by atoms with Gasteiger partial charge in [0, 0.05) is 24.2 Å². The van der Waals surface area contributed by atoms with Gasteiger partial charge in [0.25, 0.3) is 0 Å². The number of halogens is 1. The highest BCUT2D eigenvalue weighted by atomic mass is 35.5. The van der Waals surface area contributed by atoms with Crippen LogP contribution in [-0.4, -0.2) is 46.9 Å². The molecular weight excluding hydrogens is 350 g/mol. The predicted molar refractivity (Wildman–Crippen MR) is 105 cm³/mol. The number of nitrogens with zero attached hydrogens (tertiary/aromatic N) is 3. The van der Waals surface area contributed by atoms with Crippen molar-refractivity contribution in [2.24, 2.45) is 0 Å². The Balaban J connectivity index is 1.52. The summed E-state index contributed by atoms with van der Waals surface area (Å²) >= 11 is 5.93. The minimum absolute atomic E-state index is 0.195. The zero-order valence-corrected chi connectivity index (χ0v) is 15.9. The summed E-state index contributed by atoms with van der Waals surface area (Å²) in [6.45, 7) is 6.31. The summed E-state index contributed by atoms with van der Waals surface area (Å²) < 4.78 is 1.79. The largest absolute Gasteiger partial charge is 0.337 e. The molecule has 0 radical (unpaired) electrons. The number of benzene rings is 1. The van der Waals surface area contributed by atoms with Crippen molar-refractivity contribution in [3.05, 3.63) is 46.6 Å². The maximum Gasteiger partial charge on any atom is 0.320 e. The van der Waals surface area contributed by atoms with Gasteiger partial charge in [-0.25, -0.2) is 9.48 Å². The normalized spacial score (nSPS) is 15.0. The van der Waals surface area contributed by atoms with Gasteiger partial charge in [0.2, 0.25) is 0 Å². The molecule has 2 N–H and O–H groups in total. The first-order valence-corrected chi connectivity index (χ1v) is 9.54. The first-order chi connectivity index (χ1) is 12.6. The topological polar surface area (TPSA) is 62.2 Å². The number of carbonyl (C=O) groups excluding carboxylic acids is 1. The Kier molecular flexibility index (Phi) is 6.52. The second kappa shape index (κ2) is 9.05. The van der Waals surface area contributed by atoms with Crippen molar-refractivity contribution in [3.8, 4) is 0 Å². The molecule has 140 valence electrons. The van der Waals surface area contributed by atoms with E-state index in [0.717, 1.165) is 30.9 Å². The Morgan fingerprint density at radius 1 is 1.19 bits per heavy atom. The maximum absolute atomic E-state index is 12.2. The molecule has 1 fully saturated rings. The van der Waals surface area contributed by atoms with Crippen molar-refractivity contribution in [1.82, 2.24) is 20.0 Å². The molecule has 1 aromatic carbocycles. The van der Waals surface area contributed by atoms with E-state index < -0.39 is 0 Å². The molecule has 6 nitrogen and oxygen atoms in total. The van der Waals surface area contributed by atoms with E-state index in [1.807, 2.05) is 37.3 Å². The van der Waals surface area contributed by atoms with Gasteiger partial charge in [0.1, 0.15) is 5.82 Å². The Morgan fingerprint density at radius 3 is 2.65 bits per heavy atom. The van der Waals surface area contributed by atoms with Gasteiger partial charge in [-0.2, -0.15) is 5.10 Å². The third kappa shape index (κ3) is 5.47. The smallest absolute Gasteiger partial charge is 0.320 e. The molecule has 1 aromatic heterocycles. The Bertz CT molecular complexity index is 722. The van der Waals surface area contributed by atoms with Gasteiger partial charge in [-0.1, -0.05) is 30.2 Å². The molecule has 0 aliphatic carbocycles. The molecule has 26 heavy (non-hydrogen) atoms. The lowest BCUT2D eigenvalue weighted by Crippen LogP contribution is -2.39. The maximum atomic E-state index is 12.2. The Labute approximate surface area is 159 Å². The third-order valence-corrected chi connectivity index (χ3v) is 4.80. The van der Waals surface area contributed by atoms with Crippen molar-refractivity contribution >= 4 is 23.4 Å². The van der Waals surface area contributed by atoms with Crippen molar-refractivity contribution in [2.75, 3.05) is 31.5 Å². The van der Waals surface area contributed by atoms with E-state index in [0.29, 0.717) is 23.9 Å². The van der Waals surface area contributed by atoms with E-state index in [4.69, 9.17) is 11.6 Å². The van der Waals surface area contributed by atoms with Gasteiger partial charge >= 0.3 is 6.03 Å². The fraction of sp³-hybridized carbons (Fsp3) is 0.474. The van der Waals surface area contributed by atoms with Crippen LogP contribution < -0.4 is 10.6 Å². The van der Waals surface area contributed by atoms with Gasteiger partial charge < -0.3 is 10.2 Å². The molecule has 1 aliphatic rings. The molecule has 2 amide bonds. The molecule has 0 atom stereocenters. The molecular formula is C19H26ClN5O. The molecule has 3 rings (SSSR count). The van der Waals surface area contributed by atoms with E-state index in [2.05, 4.69) is 20.6 Å². The lowest BCUT2D eigenvalue weighted by atomic mass is 10.1. The summed E-state index contributed by atoms with van der Waals surface area (Å²) in [5.41, 5.74) is 1.94. The van der Waals surface area contributed by atoms with Crippen molar-refractivity contribution in [3.63, 3.8) is 0 Å². The molecule has 7 heteroatoms. The summed E-state index contributed by atoms with van der Waals surface area (Å²) in [7, 11) is 0. The SMILES string of the molecule is Cc1cc(NC(=O)NCCN2CCCCC2)n(Cc2ccc(Cl)cc2)n1. The zero-order valence-electron chi connectivity index (χ0n) is 15.2. The number of likely N-dealkylation sites (tertiary alicyclic amines) is 1. The van der Waals surface area contributed by atoms with Crippen molar-refractivity contribution in [1.29, 1.82) is 0 Å². The second-order valence-electron chi connectivity index (χ2n) is 6.74. The van der Waals surface area contributed by atoms with Crippen LogP contribution in [0.5, 0.6) is 0 Å². The monoisotopic (exact) mass is 375 g/mol. The summed E-state index contributed by atoms with van der Waals surface area (Å²) in [5.74, 6) is 0.688. The number of urea groups is 1. The lowest BCUT2D eigenvalue weighted by molar-refractivity contribution is 0.224. The predicted octanol–water partition coefficient (Wildman–Crippen LogP) is 3.50. The molecule has 1 aliphatic heterocycles. The fourth-order valence-electron chi connectivity index (χ4n) is 3.20. The van der Waals surface area contributed by atoms with E-state index in [-0.39, 0.29) is 6.03 Å². The highest BCUT2D eigenvalue weighted by molar-refractivity contribution is 6.30. The minimum Gasteiger partial charge on any atom is -0.337 e. The van der Waals surface area contributed by atoms with Crippen LogP contribution in [0.3, 0.4) is 0 Å². The number of amides is 2. The number of hydrogen-bond donors (Lipinski definition) is 2. The van der Waals surface area contributed by atoms with Gasteiger partial charge in [-0.15, -0.1) is 0 Å². The number of hydrogen-bond acceptors (Lipinski definition) is 3. The molecule has 2 heterocycles.